The zero-order valence-electron chi connectivity index (χ0n) is 12.3. The summed E-state index contributed by atoms with van der Waals surface area (Å²) in [7, 11) is 0. The first-order valence-corrected chi connectivity index (χ1v) is 7.31. The van der Waals surface area contributed by atoms with Crippen LogP contribution in [-0.2, 0) is 4.79 Å². The number of carbonyl (C=O) groups is 1. The van der Waals surface area contributed by atoms with Gasteiger partial charge < -0.3 is 10.6 Å². The van der Waals surface area contributed by atoms with Crippen LogP contribution < -0.4 is 10.6 Å². The van der Waals surface area contributed by atoms with Crippen molar-refractivity contribution in [2.45, 2.75) is 32.2 Å². The number of anilines is 2. The highest BCUT2D eigenvalue weighted by Gasteiger charge is 2.24. The first-order valence-electron chi connectivity index (χ1n) is 7.31. The fraction of sp³-hybridized carbons (Fsp3) is 0.375. The summed E-state index contributed by atoms with van der Waals surface area (Å²) in [5, 5.41) is 10.5. The molecule has 21 heavy (non-hydrogen) atoms. The first kappa shape index (κ1) is 13.7. The molecule has 5 heteroatoms. The van der Waals surface area contributed by atoms with Crippen LogP contribution in [-0.4, -0.2) is 22.2 Å². The molecule has 0 spiro atoms. The highest BCUT2D eigenvalue weighted by atomic mass is 16.1. The van der Waals surface area contributed by atoms with Gasteiger partial charge in [0.2, 0.25) is 5.91 Å². The maximum absolute atomic E-state index is 12.3. The lowest BCUT2D eigenvalue weighted by Crippen LogP contribution is -2.19. The smallest absolute Gasteiger partial charge is 0.226 e. The fourth-order valence-electron chi connectivity index (χ4n) is 2.78. The number of nitrogens with zero attached hydrogens (tertiary/aromatic N) is 2. The summed E-state index contributed by atoms with van der Waals surface area (Å²) in [6.07, 6.45) is 2.19. The van der Waals surface area contributed by atoms with Gasteiger partial charge in [-0.15, -0.1) is 0 Å². The van der Waals surface area contributed by atoms with E-state index >= 15 is 0 Å². The van der Waals surface area contributed by atoms with E-state index in [-0.39, 0.29) is 17.9 Å². The predicted molar refractivity (Wildman–Crippen MR) is 83.5 cm³/mol. The molecule has 1 atom stereocenters. The molecule has 2 heterocycles. The standard InChI is InChI=1S/C16H20N4O/c1-11(2)20-15(7-8-18-20)19-16(21)9-12-10-17-14-6-4-3-5-13(12)14/h3-8,11-12,17H,9-10H2,1-2H3,(H,19,21). The quantitative estimate of drug-likeness (QED) is 0.907. The molecule has 110 valence electrons. The molecule has 0 saturated carbocycles. The number of aromatic nitrogens is 2. The number of rotatable bonds is 4. The van der Waals surface area contributed by atoms with Crippen LogP contribution in [0.3, 0.4) is 0 Å². The molecular weight excluding hydrogens is 264 g/mol. The molecule has 2 N–H and O–H groups in total. The third kappa shape index (κ3) is 2.77. The lowest BCUT2D eigenvalue weighted by molar-refractivity contribution is -0.116. The van der Waals surface area contributed by atoms with Crippen LogP contribution in [0, 0.1) is 0 Å². The summed E-state index contributed by atoms with van der Waals surface area (Å²) in [6, 6.07) is 10.2. The van der Waals surface area contributed by atoms with E-state index in [1.807, 2.05) is 36.7 Å². The maximum atomic E-state index is 12.3. The van der Waals surface area contributed by atoms with Gasteiger partial charge in [0.15, 0.2) is 0 Å². The molecule has 1 aromatic carbocycles. The van der Waals surface area contributed by atoms with Gasteiger partial charge in [-0.05, 0) is 25.5 Å². The largest absolute Gasteiger partial charge is 0.384 e. The minimum absolute atomic E-state index is 0.0286. The Labute approximate surface area is 124 Å². The van der Waals surface area contributed by atoms with Crippen molar-refractivity contribution in [1.82, 2.24) is 9.78 Å². The first-order chi connectivity index (χ1) is 10.1. The second-order valence-corrected chi connectivity index (χ2v) is 5.67. The summed E-state index contributed by atoms with van der Waals surface area (Å²) in [5.41, 5.74) is 2.37. The van der Waals surface area contributed by atoms with Crippen molar-refractivity contribution in [1.29, 1.82) is 0 Å². The Morgan fingerprint density at radius 3 is 3.05 bits per heavy atom. The minimum Gasteiger partial charge on any atom is -0.384 e. The lowest BCUT2D eigenvalue weighted by atomic mass is 9.97. The molecule has 2 aromatic rings. The van der Waals surface area contributed by atoms with Gasteiger partial charge in [0.25, 0.3) is 0 Å². The monoisotopic (exact) mass is 284 g/mol. The highest BCUT2D eigenvalue weighted by Crippen LogP contribution is 2.33. The normalized spacial score (nSPS) is 16.6. The van der Waals surface area contributed by atoms with E-state index in [4.69, 9.17) is 0 Å². The third-order valence-electron chi connectivity index (χ3n) is 3.80. The zero-order chi connectivity index (χ0) is 14.8. The number of para-hydroxylation sites is 1. The Morgan fingerprint density at radius 2 is 2.24 bits per heavy atom. The van der Waals surface area contributed by atoms with Crippen LogP contribution >= 0.6 is 0 Å². The molecule has 5 nitrogen and oxygen atoms in total. The van der Waals surface area contributed by atoms with Crippen molar-refractivity contribution in [3.8, 4) is 0 Å². The van der Waals surface area contributed by atoms with Gasteiger partial charge in [0.05, 0.1) is 6.20 Å². The van der Waals surface area contributed by atoms with Crippen LogP contribution in [0.4, 0.5) is 11.5 Å². The third-order valence-corrected chi connectivity index (χ3v) is 3.80. The average molecular weight is 284 g/mol. The number of hydrogen-bond acceptors (Lipinski definition) is 3. The Balaban J connectivity index is 1.67. The second-order valence-electron chi connectivity index (χ2n) is 5.67. The zero-order valence-corrected chi connectivity index (χ0v) is 12.3. The van der Waals surface area contributed by atoms with Crippen molar-refractivity contribution < 1.29 is 4.79 Å². The predicted octanol–water partition coefficient (Wildman–Crippen LogP) is 3.00. The minimum atomic E-state index is 0.0286. The molecule has 0 saturated heterocycles. The molecular formula is C16H20N4O. The Hall–Kier alpha value is -2.30. The van der Waals surface area contributed by atoms with E-state index in [1.165, 1.54) is 5.56 Å². The Morgan fingerprint density at radius 1 is 1.43 bits per heavy atom. The molecule has 0 bridgehead atoms. The van der Waals surface area contributed by atoms with E-state index in [0.717, 1.165) is 18.1 Å². The van der Waals surface area contributed by atoms with Crippen molar-refractivity contribution in [2.24, 2.45) is 0 Å². The summed E-state index contributed by atoms with van der Waals surface area (Å²) in [5.74, 6) is 1.02. The van der Waals surface area contributed by atoms with E-state index in [0.29, 0.717) is 6.42 Å². The SMILES string of the molecule is CC(C)n1nccc1NC(=O)CC1CNc2ccccc21. The number of hydrogen-bond donors (Lipinski definition) is 2. The Bertz CT molecular complexity index is 647. The number of benzene rings is 1. The number of nitrogens with one attached hydrogen (secondary N) is 2. The van der Waals surface area contributed by atoms with E-state index in [9.17, 15) is 4.79 Å². The molecule has 1 aromatic heterocycles. The van der Waals surface area contributed by atoms with Gasteiger partial charge >= 0.3 is 0 Å². The maximum Gasteiger partial charge on any atom is 0.226 e. The van der Waals surface area contributed by atoms with Crippen LogP contribution in [0.25, 0.3) is 0 Å². The molecule has 1 amide bonds. The molecule has 1 aliphatic rings. The van der Waals surface area contributed by atoms with E-state index < -0.39 is 0 Å². The summed E-state index contributed by atoms with van der Waals surface area (Å²) < 4.78 is 1.82. The lowest BCUT2D eigenvalue weighted by Gasteiger charge is -2.13. The summed E-state index contributed by atoms with van der Waals surface area (Å²) in [4.78, 5) is 12.3. The van der Waals surface area contributed by atoms with Gasteiger partial charge in [0.1, 0.15) is 5.82 Å². The van der Waals surface area contributed by atoms with Crippen LogP contribution in [0.1, 0.15) is 37.8 Å². The van der Waals surface area contributed by atoms with Crippen LogP contribution in [0.2, 0.25) is 0 Å². The van der Waals surface area contributed by atoms with Crippen molar-refractivity contribution in [2.75, 3.05) is 17.2 Å². The van der Waals surface area contributed by atoms with Gasteiger partial charge in [-0.3, -0.25) is 4.79 Å². The molecule has 0 aliphatic carbocycles. The van der Waals surface area contributed by atoms with Crippen molar-refractivity contribution in [3.63, 3.8) is 0 Å². The highest BCUT2D eigenvalue weighted by molar-refractivity contribution is 5.90. The van der Waals surface area contributed by atoms with E-state index in [1.54, 1.807) is 6.20 Å². The van der Waals surface area contributed by atoms with E-state index in [2.05, 4.69) is 27.9 Å². The molecule has 1 aliphatic heterocycles. The van der Waals surface area contributed by atoms with Gasteiger partial charge in [-0.25, -0.2) is 4.68 Å². The van der Waals surface area contributed by atoms with Crippen molar-refractivity contribution >= 4 is 17.4 Å². The summed E-state index contributed by atoms with van der Waals surface area (Å²) >= 11 is 0. The van der Waals surface area contributed by atoms with Crippen LogP contribution in [0.5, 0.6) is 0 Å². The topological polar surface area (TPSA) is 59.0 Å². The van der Waals surface area contributed by atoms with Crippen molar-refractivity contribution in [3.05, 3.63) is 42.1 Å². The number of amides is 1. The molecule has 0 fully saturated rings. The number of carbonyl (C=O) groups excluding carboxylic acids is 1. The molecule has 3 rings (SSSR count). The second kappa shape index (κ2) is 5.60. The molecule has 0 radical (unpaired) electrons. The summed E-state index contributed by atoms with van der Waals surface area (Å²) in [6.45, 7) is 4.90. The Kier molecular flexibility index (Phi) is 3.64. The molecule has 1 unspecified atom stereocenters. The van der Waals surface area contributed by atoms with Gasteiger partial charge in [-0.2, -0.15) is 5.10 Å². The van der Waals surface area contributed by atoms with Crippen LogP contribution in [0.15, 0.2) is 36.5 Å². The van der Waals surface area contributed by atoms with Gasteiger partial charge in [-0.1, -0.05) is 18.2 Å². The van der Waals surface area contributed by atoms with Gasteiger partial charge in [0, 0.05) is 36.7 Å². The number of fused-ring (bicyclic) bond motifs is 1. The fourth-order valence-corrected chi connectivity index (χ4v) is 2.78. The average Bonchev–Trinajstić information content (AvgIpc) is 3.06.